The highest BCUT2D eigenvalue weighted by atomic mass is 16.4. The topological polar surface area (TPSA) is 118 Å². The molecule has 0 aliphatic carbocycles. The average molecular weight is 180 g/mol. The zero-order valence-electron chi connectivity index (χ0n) is 6.34. The summed E-state index contributed by atoms with van der Waals surface area (Å²) in [4.78, 5) is 10.7. The van der Waals surface area contributed by atoms with Crippen LogP contribution < -0.4 is 0 Å². The molecule has 6 heteroatoms. The minimum Gasteiger partial charge on any atom is -0.394 e. The predicted octanol–water partition coefficient (Wildman–Crippen LogP) is -3.38. The van der Waals surface area contributed by atoms with E-state index >= 15 is 0 Å². The van der Waals surface area contributed by atoms with Crippen LogP contribution in [0.15, 0.2) is 0 Å². The van der Waals surface area contributed by atoms with Gasteiger partial charge in [-0.05, 0) is 0 Å². The quantitative estimate of drug-likeness (QED) is 0.301. The first-order chi connectivity index (χ1) is 5.52. The van der Waals surface area contributed by atoms with Crippen LogP contribution in [0.3, 0.4) is 0 Å². The first-order valence-electron chi connectivity index (χ1n) is 3.29. The Morgan fingerprint density at radius 3 is 2.08 bits per heavy atom. The predicted molar refractivity (Wildman–Crippen MR) is 37.2 cm³/mol. The molecule has 72 valence electrons. The fourth-order valence-corrected chi connectivity index (χ4v) is 0.667. The van der Waals surface area contributed by atoms with Gasteiger partial charge < -0.3 is 25.5 Å². The second-order valence-electron chi connectivity index (χ2n) is 2.36. The number of carbonyl (C=O) groups is 1. The van der Waals surface area contributed by atoms with Gasteiger partial charge >= 0.3 is 0 Å². The van der Waals surface area contributed by atoms with Gasteiger partial charge in [-0.1, -0.05) is 0 Å². The Balaban J connectivity index is 4.54. The molecular formula is C6H12O6. The molecule has 2 atom stereocenters. The smallest absolute Gasteiger partial charge is 0.194 e. The van der Waals surface area contributed by atoms with Crippen molar-refractivity contribution in [2.75, 3.05) is 19.8 Å². The molecule has 0 amide bonds. The van der Waals surface area contributed by atoms with Crippen LogP contribution in [0.1, 0.15) is 0 Å². The third-order valence-electron chi connectivity index (χ3n) is 1.59. The number of aliphatic hydroxyl groups is 5. The zero-order chi connectivity index (χ0) is 9.78. The van der Waals surface area contributed by atoms with Crippen molar-refractivity contribution in [2.24, 2.45) is 0 Å². The van der Waals surface area contributed by atoms with Crippen molar-refractivity contribution < 1.29 is 30.3 Å². The summed E-state index contributed by atoms with van der Waals surface area (Å²) in [6.45, 7) is -2.93. The third kappa shape index (κ3) is 1.99. The lowest BCUT2D eigenvalue weighted by Gasteiger charge is -2.27. The summed E-state index contributed by atoms with van der Waals surface area (Å²) < 4.78 is 0. The van der Waals surface area contributed by atoms with Crippen molar-refractivity contribution >= 4 is 5.78 Å². The fraction of sp³-hybridized carbons (Fsp3) is 0.833. The molecule has 0 saturated heterocycles. The lowest BCUT2D eigenvalue weighted by atomic mass is 9.93. The molecule has 0 aliphatic heterocycles. The molecule has 0 saturated carbocycles. The maximum atomic E-state index is 10.7. The summed E-state index contributed by atoms with van der Waals surface area (Å²) in [7, 11) is 0. The lowest BCUT2D eigenvalue weighted by molar-refractivity contribution is -0.164. The molecule has 0 aromatic heterocycles. The van der Waals surface area contributed by atoms with E-state index in [0.29, 0.717) is 0 Å². The van der Waals surface area contributed by atoms with E-state index < -0.39 is 37.3 Å². The lowest BCUT2D eigenvalue weighted by Crippen LogP contribution is -2.55. The molecule has 0 aromatic carbocycles. The van der Waals surface area contributed by atoms with E-state index in [1.165, 1.54) is 0 Å². The van der Waals surface area contributed by atoms with Gasteiger partial charge in [0.25, 0.3) is 0 Å². The van der Waals surface area contributed by atoms with Crippen molar-refractivity contribution in [3.63, 3.8) is 0 Å². The third-order valence-corrected chi connectivity index (χ3v) is 1.59. The van der Waals surface area contributed by atoms with Crippen molar-refractivity contribution in [3.8, 4) is 0 Å². The van der Waals surface area contributed by atoms with Crippen molar-refractivity contribution in [2.45, 2.75) is 11.7 Å². The van der Waals surface area contributed by atoms with Gasteiger partial charge in [-0.15, -0.1) is 0 Å². The number of carbonyl (C=O) groups excluding carboxylic acids is 1. The Morgan fingerprint density at radius 2 is 1.83 bits per heavy atom. The van der Waals surface area contributed by atoms with Crippen LogP contribution in [0.2, 0.25) is 0 Å². The summed E-state index contributed by atoms with van der Waals surface area (Å²) in [5.41, 5.74) is -2.47. The first-order valence-corrected chi connectivity index (χ1v) is 3.29. The highest BCUT2D eigenvalue weighted by Gasteiger charge is 2.41. The highest BCUT2D eigenvalue weighted by molar-refractivity contribution is 5.88. The maximum absolute atomic E-state index is 10.7. The molecule has 0 radical (unpaired) electrons. The number of ketones is 1. The molecule has 0 heterocycles. The van der Waals surface area contributed by atoms with Crippen LogP contribution in [0, 0.1) is 0 Å². The van der Waals surface area contributed by atoms with Gasteiger partial charge in [0, 0.05) is 0 Å². The van der Waals surface area contributed by atoms with Gasteiger partial charge in [0.2, 0.25) is 0 Å². The summed E-state index contributed by atoms with van der Waals surface area (Å²) in [6, 6.07) is 0. The van der Waals surface area contributed by atoms with Gasteiger partial charge in [-0.2, -0.15) is 0 Å². The van der Waals surface area contributed by atoms with Crippen LogP contribution in [0.25, 0.3) is 0 Å². The van der Waals surface area contributed by atoms with E-state index in [2.05, 4.69) is 0 Å². The normalized spacial score (nSPS) is 18.4. The number of hydrogen-bond donors (Lipinski definition) is 5. The Labute approximate surface area is 68.7 Å². The maximum Gasteiger partial charge on any atom is 0.194 e. The van der Waals surface area contributed by atoms with E-state index in [1.807, 2.05) is 0 Å². The summed E-state index contributed by atoms with van der Waals surface area (Å²) in [5, 5.41) is 43.3. The van der Waals surface area contributed by atoms with Crippen LogP contribution in [0.5, 0.6) is 0 Å². The highest BCUT2D eigenvalue weighted by Crippen LogP contribution is 2.10. The van der Waals surface area contributed by atoms with Crippen LogP contribution >= 0.6 is 0 Å². The number of aliphatic hydroxyl groups excluding tert-OH is 4. The van der Waals surface area contributed by atoms with E-state index in [0.717, 1.165) is 0 Å². The van der Waals surface area contributed by atoms with Gasteiger partial charge in [0.15, 0.2) is 11.4 Å². The van der Waals surface area contributed by atoms with Gasteiger partial charge in [0.05, 0.1) is 13.2 Å². The number of hydrogen-bond acceptors (Lipinski definition) is 6. The van der Waals surface area contributed by atoms with Gasteiger partial charge in [-0.25, -0.2) is 0 Å². The molecule has 5 N–H and O–H groups in total. The van der Waals surface area contributed by atoms with Crippen molar-refractivity contribution in [1.82, 2.24) is 0 Å². The summed E-state index contributed by atoms with van der Waals surface area (Å²) in [5.74, 6) is -1.13. The molecule has 0 fully saturated rings. The first kappa shape index (κ1) is 11.5. The molecule has 0 unspecified atom stereocenters. The molecular weight excluding hydrogens is 168 g/mol. The molecule has 0 aromatic rings. The standard InChI is InChI=1S/C6H12O6/c7-1-4(10)6(12,3-9)5(11)2-8/h4,7-10,12H,1-3H2/t4-,6-/m1/s1. The Morgan fingerprint density at radius 1 is 1.33 bits per heavy atom. The zero-order valence-corrected chi connectivity index (χ0v) is 6.34. The minimum atomic E-state index is -2.47. The van der Waals surface area contributed by atoms with Gasteiger partial charge in [-0.3, -0.25) is 4.79 Å². The Kier molecular flexibility index (Phi) is 4.29. The van der Waals surface area contributed by atoms with E-state index in [1.54, 1.807) is 0 Å². The monoisotopic (exact) mass is 180 g/mol. The SMILES string of the molecule is O=C(CO)[C@@](O)(CO)[C@H](O)CO. The fourth-order valence-electron chi connectivity index (χ4n) is 0.667. The molecule has 0 spiro atoms. The van der Waals surface area contributed by atoms with Crippen LogP contribution in [0.4, 0.5) is 0 Å². The Hall–Kier alpha value is -0.530. The molecule has 6 nitrogen and oxygen atoms in total. The van der Waals surface area contributed by atoms with Gasteiger partial charge in [0.1, 0.15) is 12.7 Å². The largest absolute Gasteiger partial charge is 0.394 e. The van der Waals surface area contributed by atoms with Crippen molar-refractivity contribution in [1.29, 1.82) is 0 Å². The van der Waals surface area contributed by atoms with Crippen molar-refractivity contribution in [3.05, 3.63) is 0 Å². The number of Topliss-reactive ketones (excluding diaryl/α,β-unsaturated/α-hetero) is 1. The molecule has 0 bridgehead atoms. The molecule has 0 rings (SSSR count). The minimum absolute atomic E-state index is 0.872. The summed E-state index contributed by atoms with van der Waals surface area (Å²) >= 11 is 0. The van der Waals surface area contributed by atoms with E-state index in [-0.39, 0.29) is 0 Å². The number of rotatable bonds is 5. The van der Waals surface area contributed by atoms with E-state index in [4.69, 9.17) is 20.4 Å². The van der Waals surface area contributed by atoms with E-state index in [9.17, 15) is 9.90 Å². The Bertz CT molecular complexity index is 158. The molecule has 12 heavy (non-hydrogen) atoms. The van der Waals surface area contributed by atoms with Crippen LogP contribution in [-0.4, -0.2) is 62.8 Å². The molecule has 0 aliphatic rings. The second-order valence-corrected chi connectivity index (χ2v) is 2.36. The average Bonchev–Trinajstić information content (AvgIpc) is 2.13. The summed E-state index contributed by atoms with van der Waals surface area (Å²) in [6.07, 6.45) is -1.79. The second kappa shape index (κ2) is 4.48. The van der Waals surface area contributed by atoms with Crippen LogP contribution in [-0.2, 0) is 4.79 Å².